The van der Waals surface area contributed by atoms with Crippen LogP contribution in [0.15, 0.2) is 54.6 Å². The molecule has 2 aromatic carbocycles. The zero-order valence-corrected chi connectivity index (χ0v) is 14.7. The first-order valence-electron chi connectivity index (χ1n) is 8.70. The third-order valence-electron chi connectivity index (χ3n) is 4.26. The number of methoxy groups -OCH3 is 1. The van der Waals surface area contributed by atoms with E-state index < -0.39 is 0 Å². The third-order valence-corrected chi connectivity index (χ3v) is 4.26. The highest BCUT2D eigenvalue weighted by atomic mass is 19.1. The first kappa shape index (κ1) is 18.1. The van der Waals surface area contributed by atoms with Crippen molar-refractivity contribution in [1.29, 1.82) is 0 Å². The van der Waals surface area contributed by atoms with Gasteiger partial charge in [-0.15, -0.1) is 0 Å². The SMILES string of the molecule is COC(=O)C=Cc1ccc(C=C(CNC2CC2)c2ccc(F)cc2)cc1. The molecule has 4 heteroatoms. The Hall–Kier alpha value is -2.72. The molecule has 26 heavy (non-hydrogen) atoms. The van der Waals surface area contributed by atoms with E-state index in [1.807, 2.05) is 36.4 Å². The molecule has 3 rings (SSSR count). The first-order valence-corrected chi connectivity index (χ1v) is 8.70. The summed E-state index contributed by atoms with van der Waals surface area (Å²) < 4.78 is 17.8. The summed E-state index contributed by atoms with van der Waals surface area (Å²) >= 11 is 0. The minimum Gasteiger partial charge on any atom is -0.466 e. The highest BCUT2D eigenvalue weighted by Gasteiger charge is 2.20. The van der Waals surface area contributed by atoms with Gasteiger partial charge in [-0.2, -0.15) is 0 Å². The van der Waals surface area contributed by atoms with Gasteiger partial charge >= 0.3 is 5.97 Å². The average Bonchev–Trinajstić information content (AvgIpc) is 3.49. The summed E-state index contributed by atoms with van der Waals surface area (Å²) in [6, 6.07) is 15.1. The van der Waals surface area contributed by atoms with Gasteiger partial charge in [-0.25, -0.2) is 9.18 Å². The Morgan fingerprint density at radius 1 is 1.12 bits per heavy atom. The molecule has 1 aliphatic rings. The summed E-state index contributed by atoms with van der Waals surface area (Å²) in [5.41, 5.74) is 4.10. The summed E-state index contributed by atoms with van der Waals surface area (Å²) in [7, 11) is 1.35. The van der Waals surface area contributed by atoms with Crippen molar-refractivity contribution in [2.45, 2.75) is 18.9 Å². The van der Waals surface area contributed by atoms with E-state index in [0.717, 1.165) is 28.8 Å². The zero-order valence-electron chi connectivity index (χ0n) is 14.7. The monoisotopic (exact) mass is 351 g/mol. The van der Waals surface area contributed by atoms with E-state index in [2.05, 4.69) is 16.1 Å². The smallest absolute Gasteiger partial charge is 0.330 e. The summed E-state index contributed by atoms with van der Waals surface area (Å²) in [6.45, 7) is 0.750. The second-order valence-electron chi connectivity index (χ2n) is 6.35. The Kier molecular flexibility index (Phi) is 5.97. The molecule has 1 saturated carbocycles. The van der Waals surface area contributed by atoms with Crippen molar-refractivity contribution >= 4 is 23.7 Å². The van der Waals surface area contributed by atoms with Gasteiger partial charge in [-0.3, -0.25) is 0 Å². The van der Waals surface area contributed by atoms with Crippen molar-refractivity contribution in [3.8, 4) is 0 Å². The number of ether oxygens (including phenoxy) is 1. The van der Waals surface area contributed by atoms with Crippen molar-refractivity contribution < 1.29 is 13.9 Å². The van der Waals surface area contributed by atoms with Crippen molar-refractivity contribution in [3.05, 3.63) is 77.1 Å². The summed E-state index contributed by atoms with van der Waals surface area (Å²) in [5.74, 6) is -0.608. The lowest BCUT2D eigenvalue weighted by atomic mass is 10.0. The van der Waals surface area contributed by atoms with Crippen LogP contribution in [-0.2, 0) is 9.53 Å². The molecule has 0 aliphatic heterocycles. The van der Waals surface area contributed by atoms with Crippen LogP contribution in [0.3, 0.4) is 0 Å². The second kappa shape index (κ2) is 8.59. The highest BCUT2D eigenvalue weighted by Crippen LogP contribution is 2.23. The van der Waals surface area contributed by atoms with Crippen molar-refractivity contribution in [2.75, 3.05) is 13.7 Å². The van der Waals surface area contributed by atoms with Crippen LogP contribution >= 0.6 is 0 Å². The zero-order chi connectivity index (χ0) is 18.4. The van der Waals surface area contributed by atoms with Gasteiger partial charge in [0.2, 0.25) is 0 Å². The molecule has 0 radical (unpaired) electrons. The Bertz CT molecular complexity index is 803. The number of esters is 1. The van der Waals surface area contributed by atoms with E-state index >= 15 is 0 Å². The Morgan fingerprint density at radius 3 is 2.38 bits per heavy atom. The van der Waals surface area contributed by atoms with E-state index in [-0.39, 0.29) is 11.8 Å². The normalized spacial score (nSPS) is 14.6. The number of nitrogens with one attached hydrogen (secondary N) is 1. The highest BCUT2D eigenvalue weighted by molar-refractivity contribution is 5.87. The fourth-order valence-corrected chi connectivity index (χ4v) is 2.58. The lowest BCUT2D eigenvalue weighted by molar-refractivity contribution is -0.134. The van der Waals surface area contributed by atoms with Crippen molar-refractivity contribution in [1.82, 2.24) is 5.32 Å². The van der Waals surface area contributed by atoms with Gasteiger partial charge in [0, 0.05) is 18.7 Å². The van der Waals surface area contributed by atoms with Crippen molar-refractivity contribution in [2.24, 2.45) is 0 Å². The number of rotatable bonds is 7. The van der Waals surface area contributed by atoms with Crippen LogP contribution < -0.4 is 5.32 Å². The molecule has 0 unspecified atom stereocenters. The molecular formula is C22H22FNO2. The van der Waals surface area contributed by atoms with E-state index in [1.54, 1.807) is 6.08 Å². The molecule has 1 fully saturated rings. The van der Waals surface area contributed by atoms with Gasteiger partial charge in [0.05, 0.1) is 7.11 Å². The summed E-state index contributed by atoms with van der Waals surface area (Å²) in [4.78, 5) is 11.2. The van der Waals surface area contributed by atoms with E-state index in [1.165, 1.54) is 38.2 Å². The standard InChI is InChI=1S/C22H22FNO2/c1-26-22(25)13-6-16-2-4-17(5-3-16)14-19(15-24-21-11-12-21)18-7-9-20(23)10-8-18/h2-10,13-14,21,24H,11-12,15H2,1H3. The van der Waals surface area contributed by atoms with Gasteiger partial charge in [0.1, 0.15) is 5.82 Å². The molecule has 1 N–H and O–H groups in total. The fraction of sp³-hybridized carbons (Fsp3) is 0.227. The Morgan fingerprint density at radius 2 is 1.77 bits per heavy atom. The molecule has 2 aromatic rings. The maximum Gasteiger partial charge on any atom is 0.330 e. The number of carbonyl (C=O) groups is 1. The van der Waals surface area contributed by atoms with Crippen LogP contribution in [0.2, 0.25) is 0 Å². The number of carbonyl (C=O) groups excluding carboxylic acids is 1. The van der Waals surface area contributed by atoms with E-state index in [4.69, 9.17) is 0 Å². The third kappa shape index (κ3) is 5.39. The quantitative estimate of drug-likeness (QED) is 0.459. The fourth-order valence-electron chi connectivity index (χ4n) is 2.58. The number of hydrogen-bond donors (Lipinski definition) is 1. The van der Waals surface area contributed by atoms with Crippen LogP contribution in [0.1, 0.15) is 29.5 Å². The van der Waals surface area contributed by atoms with Crippen LogP contribution in [-0.4, -0.2) is 25.7 Å². The molecule has 0 heterocycles. The predicted octanol–water partition coefficient (Wildman–Crippen LogP) is 4.30. The summed E-state index contributed by atoms with van der Waals surface area (Å²) in [5, 5.41) is 3.52. The lowest BCUT2D eigenvalue weighted by Gasteiger charge is -2.10. The lowest BCUT2D eigenvalue weighted by Crippen LogP contribution is -2.18. The van der Waals surface area contributed by atoms with Gasteiger partial charge < -0.3 is 10.1 Å². The van der Waals surface area contributed by atoms with E-state index in [9.17, 15) is 9.18 Å². The average molecular weight is 351 g/mol. The molecule has 3 nitrogen and oxygen atoms in total. The predicted molar refractivity (Wildman–Crippen MR) is 103 cm³/mol. The first-order chi connectivity index (χ1) is 12.6. The number of benzene rings is 2. The molecule has 0 bridgehead atoms. The van der Waals surface area contributed by atoms with Gasteiger partial charge in [-0.05, 0) is 59.4 Å². The largest absolute Gasteiger partial charge is 0.466 e. The molecule has 0 spiro atoms. The second-order valence-corrected chi connectivity index (χ2v) is 6.35. The topological polar surface area (TPSA) is 38.3 Å². The Balaban J connectivity index is 1.78. The molecular weight excluding hydrogens is 329 g/mol. The Labute approximate surface area is 153 Å². The molecule has 0 aromatic heterocycles. The summed E-state index contributed by atoms with van der Waals surface area (Å²) in [6.07, 6.45) is 7.66. The van der Waals surface area contributed by atoms with Crippen LogP contribution in [0.5, 0.6) is 0 Å². The molecule has 0 atom stereocenters. The maximum atomic E-state index is 13.2. The van der Waals surface area contributed by atoms with Gasteiger partial charge in [-0.1, -0.05) is 36.4 Å². The van der Waals surface area contributed by atoms with Crippen LogP contribution in [0.4, 0.5) is 4.39 Å². The minimum atomic E-state index is -0.376. The number of hydrogen-bond acceptors (Lipinski definition) is 3. The van der Waals surface area contributed by atoms with Crippen LogP contribution in [0.25, 0.3) is 17.7 Å². The van der Waals surface area contributed by atoms with Crippen LogP contribution in [0, 0.1) is 5.82 Å². The maximum absolute atomic E-state index is 13.2. The molecule has 0 saturated heterocycles. The van der Waals surface area contributed by atoms with Gasteiger partial charge in [0.15, 0.2) is 0 Å². The molecule has 1 aliphatic carbocycles. The van der Waals surface area contributed by atoms with Crippen molar-refractivity contribution in [3.63, 3.8) is 0 Å². The van der Waals surface area contributed by atoms with E-state index in [0.29, 0.717) is 6.04 Å². The molecule has 134 valence electrons. The number of halogens is 1. The molecule has 0 amide bonds. The van der Waals surface area contributed by atoms with Gasteiger partial charge in [0.25, 0.3) is 0 Å². The minimum absolute atomic E-state index is 0.231.